The molecule has 19 heavy (non-hydrogen) atoms. The molecule has 0 N–H and O–H groups in total. The lowest BCUT2D eigenvalue weighted by atomic mass is 10.0. The minimum absolute atomic E-state index is 0.00338. The van der Waals surface area contributed by atoms with Crippen LogP contribution in [-0.2, 0) is 16.1 Å². The van der Waals surface area contributed by atoms with E-state index in [0.29, 0.717) is 19.7 Å². The van der Waals surface area contributed by atoms with Gasteiger partial charge in [0.25, 0.3) is 5.91 Å². The summed E-state index contributed by atoms with van der Waals surface area (Å²) < 4.78 is 5.69. The van der Waals surface area contributed by atoms with Crippen molar-refractivity contribution in [1.29, 1.82) is 0 Å². The molecule has 0 aromatic carbocycles. The molecule has 0 radical (unpaired) electrons. The molecule has 2 rings (SSSR count). The average molecular weight is 264 g/mol. The topological polar surface area (TPSA) is 58.6 Å². The molecular formula is C13H20N4O2. The van der Waals surface area contributed by atoms with E-state index in [9.17, 15) is 4.79 Å². The van der Waals surface area contributed by atoms with Crippen molar-refractivity contribution in [3.05, 3.63) is 24.3 Å². The van der Waals surface area contributed by atoms with E-state index in [-0.39, 0.29) is 5.91 Å². The SMILES string of the molecule is CN(C)C(=O)C1(C)CN(Cc2cnccn2)CCO1. The monoisotopic (exact) mass is 264 g/mol. The maximum atomic E-state index is 12.2. The number of hydrogen-bond acceptors (Lipinski definition) is 5. The molecule has 2 heterocycles. The van der Waals surface area contributed by atoms with Crippen LogP contribution < -0.4 is 0 Å². The Balaban J connectivity index is 2.03. The van der Waals surface area contributed by atoms with Crippen LogP contribution in [0, 0.1) is 0 Å². The van der Waals surface area contributed by atoms with E-state index in [2.05, 4.69) is 14.9 Å². The highest BCUT2D eigenvalue weighted by Gasteiger charge is 2.40. The highest BCUT2D eigenvalue weighted by atomic mass is 16.5. The Bertz CT molecular complexity index is 438. The number of ether oxygens (including phenoxy) is 1. The zero-order valence-corrected chi connectivity index (χ0v) is 11.7. The third kappa shape index (κ3) is 3.27. The Morgan fingerprint density at radius 3 is 2.95 bits per heavy atom. The normalized spacial score (nSPS) is 24.2. The zero-order chi connectivity index (χ0) is 13.9. The van der Waals surface area contributed by atoms with Crippen LogP contribution in [-0.4, -0.2) is 65.1 Å². The highest BCUT2D eigenvalue weighted by Crippen LogP contribution is 2.20. The molecule has 0 bridgehead atoms. The van der Waals surface area contributed by atoms with Gasteiger partial charge in [0.15, 0.2) is 5.60 Å². The van der Waals surface area contributed by atoms with Crippen LogP contribution in [0.2, 0.25) is 0 Å². The molecule has 1 aromatic rings. The first-order valence-electron chi connectivity index (χ1n) is 6.34. The number of amides is 1. The highest BCUT2D eigenvalue weighted by molar-refractivity contribution is 5.84. The van der Waals surface area contributed by atoms with E-state index in [4.69, 9.17) is 4.74 Å². The van der Waals surface area contributed by atoms with Gasteiger partial charge in [-0.3, -0.25) is 19.7 Å². The van der Waals surface area contributed by atoms with Gasteiger partial charge in [-0.2, -0.15) is 0 Å². The third-order valence-electron chi connectivity index (χ3n) is 3.21. The molecular weight excluding hydrogens is 244 g/mol. The lowest BCUT2D eigenvalue weighted by molar-refractivity contribution is -0.165. The molecule has 1 unspecified atom stereocenters. The van der Waals surface area contributed by atoms with E-state index < -0.39 is 5.60 Å². The minimum atomic E-state index is -0.774. The Morgan fingerprint density at radius 1 is 1.53 bits per heavy atom. The summed E-state index contributed by atoms with van der Waals surface area (Å²) in [6.07, 6.45) is 5.09. The number of aromatic nitrogens is 2. The van der Waals surface area contributed by atoms with Gasteiger partial charge >= 0.3 is 0 Å². The van der Waals surface area contributed by atoms with Gasteiger partial charge in [0.2, 0.25) is 0 Å². The first-order chi connectivity index (χ1) is 9.01. The van der Waals surface area contributed by atoms with Crippen LogP contribution in [0.25, 0.3) is 0 Å². The largest absolute Gasteiger partial charge is 0.363 e. The molecule has 6 nitrogen and oxygen atoms in total. The fourth-order valence-corrected chi connectivity index (χ4v) is 2.33. The van der Waals surface area contributed by atoms with Crippen LogP contribution in [0.5, 0.6) is 0 Å². The maximum Gasteiger partial charge on any atom is 0.255 e. The standard InChI is InChI=1S/C13H20N4O2/c1-13(12(18)16(2)3)10-17(6-7-19-13)9-11-8-14-4-5-15-11/h4-5,8H,6-7,9-10H2,1-3H3. The number of carbonyl (C=O) groups excluding carboxylic acids is 1. The van der Waals surface area contributed by atoms with Crippen molar-refractivity contribution >= 4 is 5.91 Å². The Morgan fingerprint density at radius 2 is 2.32 bits per heavy atom. The van der Waals surface area contributed by atoms with Crippen LogP contribution in [0.15, 0.2) is 18.6 Å². The van der Waals surface area contributed by atoms with Crippen molar-refractivity contribution in [3.63, 3.8) is 0 Å². The molecule has 1 aliphatic heterocycles. The third-order valence-corrected chi connectivity index (χ3v) is 3.21. The van der Waals surface area contributed by atoms with Crippen LogP contribution in [0.4, 0.5) is 0 Å². The first-order valence-corrected chi connectivity index (χ1v) is 6.34. The van der Waals surface area contributed by atoms with Crippen molar-refractivity contribution in [2.24, 2.45) is 0 Å². The van der Waals surface area contributed by atoms with Crippen LogP contribution >= 0.6 is 0 Å². The van der Waals surface area contributed by atoms with Gasteiger partial charge in [-0.25, -0.2) is 0 Å². The lowest BCUT2D eigenvalue weighted by Crippen LogP contribution is -2.57. The molecule has 1 atom stereocenters. The summed E-state index contributed by atoms with van der Waals surface area (Å²) in [7, 11) is 3.50. The minimum Gasteiger partial charge on any atom is -0.363 e. The average Bonchev–Trinajstić information content (AvgIpc) is 2.39. The van der Waals surface area contributed by atoms with Gasteiger partial charge in [0.05, 0.1) is 12.3 Å². The van der Waals surface area contributed by atoms with Crippen molar-refractivity contribution in [2.75, 3.05) is 33.8 Å². The lowest BCUT2D eigenvalue weighted by Gasteiger charge is -2.40. The maximum absolute atomic E-state index is 12.2. The fourth-order valence-electron chi connectivity index (χ4n) is 2.33. The summed E-state index contributed by atoms with van der Waals surface area (Å²) in [6.45, 7) is 4.45. The molecule has 6 heteroatoms. The number of carbonyl (C=O) groups is 1. The van der Waals surface area contributed by atoms with Gasteiger partial charge in [0.1, 0.15) is 0 Å². The van der Waals surface area contributed by atoms with Crippen LogP contribution in [0.1, 0.15) is 12.6 Å². The summed E-state index contributed by atoms with van der Waals surface area (Å²) in [5, 5.41) is 0. The first kappa shape index (κ1) is 13.9. The van der Waals surface area contributed by atoms with Gasteiger partial charge < -0.3 is 9.64 Å². The Kier molecular flexibility index (Phi) is 4.11. The number of rotatable bonds is 3. The molecule has 1 fully saturated rings. The second kappa shape index (κ2) is 5.63. The number of morpholine rings is 1. The molecule has 1 aliphatic rings. The van der Waals surface area contributed by atoms with Crippen molar-refractivity contribution in [3.8, 4) is 0 Å². The smallest absolute Gasteiger partial charge is 0.255 e. The van der Waals surface area contributed by atoms with Crippen molar-refractivity contribution in [2.45, 2.75) is 19.1 Å². The summed E-state index contributed by atoms with van der Waals surface area (Å²) in [6, 6.07) is 0. The molecule has 0 aliphatic carbocycles. The summed E-state index contributed by atoms with van der Waals surface area (Å²) in [5.74, 6) is -0.00338. The second-order valence-corrected chi connectivity index (χ2v) is 5.19. The van der Waals surface area contributed by atoms with Gasteiger partial charge in [-0.1, -0.05) is 0 Å². The predicted octanol–water partition coefficient (Wildman–Crippen LogP) is 0.156. The molecule has 0 spiro atoms. The van der Waals surface area contributed by atoms with E-state index in [1.807, 2.05) is 6.92 Å². The number of likely N-dealkylation sites (N-methyl/N-ethyl adjacent to an activating group) is 1. The quantitative estimate of drug-likeness (QED) is 0.778. The molecule has 0 saturated carbocycles. The molecule has 1 aromatic heterocycles. The fraction of sp³-hybridized carbons (Fsp3) is 0.615. The molecule has 104 valence electrons. The van der Waals surface area contributed by atoms with Gasteiger partial charge in [0, 0.05) is 52.3 Å². The Hall–Kier alpha value is -1.53. The second-order valence-electron chi connectivity index (χ2n) is 5.19. The Labute approximate surface area is 113 Å². The predicted molar refractivity (Wildman–Crippen MR) is 70.4 cm³/mol. The summed E-state index contributed by atoms with van der Waals surface area (Å²) in [4.78, 5) is 24.2. The number of hydrogen-bond donors (Lipinski definition) is 0. The van der Waals surface area contributed by atoms with E-state index >= 15 is 0 Å². The zero-order valence-electron chi connectivity index (χ0n) is 11.7. The summed E-state index contributed by atoms with van der Waals surface area (Å²) in [5.41, 5.74) is 0.133. The number of nitrogens with zero attached hydrogens (tertiary/aromatic N) is 4. The van der Waals surface area contributed by atoms with Crippen LogP contribution in [0.3, 0.4) is 0 Å². The molecule has 1 saturated heterocycles. The van der Waals surface area contributed by atoms with Crippen molar-refractivity contribution < 1.29 is 9.53 Å². The van der Waals surface area contributed by atoms with E-state index in [0.717, 1.165) is 12.2 Å². The van der Waals surface area contributed by atoms with E-state index in [1.165, 1.54) is 0 Å². The van der Waals surface area contributed by atoms with E-state index in [1.54, 1.807) is 37.6 Å². The van der Waals surface area contributed by atoms with Crippen molar-refractivity contribution in [1.82, 2.24) is 19.8 Å². The van der Waals surface area contributed by atoms with Gasteiger partial charge in [-0.05, 0) is 6.92 Å². The molecule has 1 amide bonds. The summed E-state index contributed by atoms with van der Waals surface area (Å²) >= 11 is 0. The van der Waals surface area contributed by atoms with Gasteiger partial charge in [-0.15, -0.1) is 0 Å².